The Morgan fingerprint density at radius 1 is 0.867 bits per heavy atom. The molecule has 0 amide bonds. The van der Waals surface area contributed by atoms with Crippen molar-refractivity contribution < 1.29 is 4.79 Å². The number of aryl methyl sites for hydroxylation is 1. The molecule has 1 unspecified atom stereocenters. The zero-order valence-electron chi connectivity index (χ0n) is 17.5. The van der Waals surface area contributed by atoms with Gasteiger partial charge in [-0.3, -0.25) is 9.80 Å². The van der Waals surface area contributed by atoms with E-state index in [4.69, 9.17) is 5.10 Å². The molecule has 1 atom stereocenters. The molecule has 0 bridgehead atoms. The van der Waals surface area contributed by atoms with E-state index in [0.29, 0.717) is 6.42 Å². The minimum absolute atomic E-state index is 0.187. The molecule has 1 aliphatic heterocycles. The van der Waals surface area contributed by atoms with Gasteiger partial charge in [0.1, 0.15) is 0 Å². The molecule has 4 nitrogen and oxygen atoms in total. The number of hydrogen-bond acceptors (Lipinski definition) is 4. The summed E-state index contributed by atoms with van der Waals surface area (Å²) < 4.78 is 0. The summed E-state index contributed by atoms with van der Waals surface area (Å²) in [6.07, 6.45) is 1.26. The number of Topliss-reactive ketones (excluding diaryl/α,β-unsaturated/α-hetero) is 1. The maximum absolute atomic E-state index is 12.9. The summed E-state index contributed by atoms with van der Waals surface area (Å²) in [6, 6.07) is 30.6. The first kappa shape index (κ1) is 19.9. The smallest absolute Gasteiger partial charge is 0.157 e. The predicted molar refractivity (Wildman–Crippen MR) is 121 cm³/mol. The van der Waals surface area contributed by atoms with Crippen LogP contribution in [0.15, 0.2) is 96.1 Å². The van der Waals surface area contributed by atoms with Gasteiger partial charge in [-0.05, 0) is 24.5 Å². The van der Waals surface area contributed by atoms with E-state index < -0.39 is 5.66 Å². The first-order chi connectivity index (χ1) is 14.6. The molecule has 1 aliphatic rings. The van der Waals surface area contributed by atoms with Gasteiger partial charge in [0.2, 0.25) is 0 Å². The molecule has 3 aromatic carbocycles. The van der Waals surface area contributed by atoms with Crippen molar-refractivity contribution in [1.82, 2.24) is 9.91 Å². The molecule has 0 aromatic heterocycles. The minimum atomic E-state index is -0.533. The lowest BCUT2D eigenvalue weighted by molar-refractivity contribution is -0.122. The monoisotopic (exact) mass is 397 g/mol. The molecule has 3 aromatic rings. The summed E-state index contributed by atoms with van der Waals surface area (Å²) >= 11 is 0. The van der Waals surface area contributed by atoms with E-state index >= 15 is 0 Å². The van der Waals surface area contributed by atoms with E-state index in [1.165, 1.54) is 5.56 Å². The highest BCUT2D eigenvalue weighted by molar-refractivity contribution is 6.00. The van der Waals surface area contributed by atoms with Gasteiger partial charge in [-0.25, -0.2) is 0 Å². The molecule has 4 heteroatoms. The van der Waals surface area contributed by atoms with Gasteiger partial charge in [0, 0.05) is 19.0 Å². The highest BCUT2D eigenvalue weighted by atomic mass is 16.1. The van der Waals surface area contributed by atoms with Gasteiger partial charge in [0.15, 0.2) is 17.3 Å². The maximum Gasteiger partial charge on any atom is 0.157 e. The van der Waals surface area contributed by atoms with Crippen LogP contribution in [0.1, 0.15) is 30.0 Å². The van der Waals surface area contributed by atoms with Crippen LogP contribution in [-0.2, 0) is 16.9 Å². The summed E-state index contributed by atoms with van der Waals surface area (Å²) in [5.41, 5.74) is 2.80. The van der Waals surface area contributed by atoms with Crippen molar-refractivity contribution in [2.24, 2.45) is 5.10 Å². The van der Waals surface area contributed by atoms with Crippen LogP contribution >= 0.6 is 0 Å². The van der Waals surface area contributed by atoms with E-state index in [1.54, 1.807) is 0 Å². The number of rotatable bonds is 7. The van der Waals surface area contributed by atoms with E-state index in [1.807, 2.05) is 66.7 Å². The van der Waals surface area contributed by atoms with Crippen LogP contribution < -0.4 is 0 Å². The molecule has 0 N–H and O–H groups in total. The Morgan fingerprint density at radius 3 is 2.07 bits per heavy atom. The largest absolute Gasteiger partial charge is 0.330 e. The van der Waals surface area contributed by atoms with Crippen LogP contribution in [0.25, 0.3) is 0 Å². The van der Waals surface area contributed by atoms with Gasteiger partial charge in [-0.1, -0.05) is 91.0 Å². The molecule has 0 aliphatic carbocycles. The Kier molecular flexibility index (Phi) is 5.66. The Balaban J connectivity index is 1.60. The number of carbonyl (C=O) groups excluding carboxylic acids is 1. The fourth-order valence-electron chi connectivity index (χ4n) is 3.96. The normalized spacial score (nSPS) is 18.4. The minimum Gasteiger partial charge on any atom is -0.330 e. The Bertz CT molecular complexity index is 1020. The summed E-state index contributed by atoms with van der Waals surface area (Å²) in [4.78, 5) is 15.1. The molecule has 0 fully saturated rings. The second-order valence-corrected chi connectivity index (χ2v) is 7.82. The van der Waals surface area contributed by atoms with E-state index in [9.17, 15) is 4.79 Å². The summed E-state index contributed by atoms with van der Waals surface area (Å²) in [5.74, 6) is 1.06. The zero-order valence-corrected chi connectivity index (χ0v) is 17.5. The maximum atomic E-state index is 12.9. The summed E-state index contributed by atoms with van der Waals surface area (Å²) in [6.45, 7) is 2.41. The average Bonchev–Trinajstić information content (AvgIpc) is 3.05. The van der Waals surface area contributed by atoms with Crippen molar-refractivity contribution >= 4 is 11.6 Å². The van der Waals surface area contributed by atoms with Crippen molar-refractivity contribution in [3.8, 4) is 0 Å². The second-order valence-electron chi connectivity index (χ2n) is 7.82. The number of carbonyl (C=O) groups is 1. The van der Waals surface area contributed by atoms with Crippen molar-refractivity contribution in [2.45, 2.75) is 25.4 Å². The molecule has 30 heavy (non-hydrogen) atoms. The first-order valence-corrected chi connectivity index (χ1v) is 10.4. The number of nitrogens with zero attached hydrogens (tertiary/aromatic N) is 3. The van der Waals surface area contributed by atoms with Crippen LogP contribution in [0.4, 0.5) is 0 Å². The molecule has 152 valence electrons. The van der Waals surface area contributed by atoms with Crippen LogP contribution in [0.3, 0.4) is 0 Å². The molecular formula is C26H27N3O. The fraction of sp³-hybridized carbons (Fsp3) is 0.231. The molecule has 4 rings (SSSR count). The second kappa shape index (κ2) is 8.54. The van der Waals surface area contributed by atoms with Crippen molar-refractivity contribution in [2.75, 3.05) is 13.6 Å². The van der Waals surface area contributed by atoms with Gasteiger partial charge >= 0.3 is 0 Å². The highest BCUT2D eigenvalue weighted by Gasteiger charge is 2.45. The highest BCUT2D eigenvalue weighted by Crippen LogP contribution is 2.37. The third kappa shape index (κ3) is 3.86. The average molecular weight is 398 g/mol. The van der Waals surface area contributed by atoms with E-state index in [2.05, 4.69) is 48.2 Å². The lowest BCUT2D eigenvalue weighted by atomic mass is 9.98. The third-order valence-electron chi connectivity index (χ3n) is 5.90. The molecule has 0 saturated carbocycles. The quantitative estimate of drug-likeness (QED) is 0.581. The number of hydrogen-bond donors (Lipinski definition) is 0. The van der Waals surface area contributed by atoms with E-state index in [0.717, 1.165) is 23.4 Å². The Morgan fingerprint density at radius 2 is 1.43 bits per heavy atom. The van der Waals surface area contributed by atoms with Crippen LogP contribution in [-0.4, -0.2) is 35.1 Å². The third-order valence-corrected chi connectivity index (χ3v) is 5.90. The van der Waals surface area contributed by atoms with Crippen LogP contribution in [0.2, 0.25) is 0 Å². The molecule has 0 saturated heterocycles. The van der Waals surface area contributed by atoms with Gasteiger partial charge in [0.25, 0.3) is 0 Å². The molecule has 1 heterocycles. The standard InChI is InChI=1S/C26H27N3O/c1-26(23-16-10-5-11-17-23)28(2)25(22-14-8-4-9-15-22)27-29(26)20-24(30)19-18-21-12-6-3-7-13-21/h3-17H,18-20H2,1-2H3. The lowest BCUT2D eigenvalue weighted by Gasteiger charge is -2.40. The molecular weight excluding hydrogens is 370 g/mol. The molecule has 0 radical (unpaired) electrons. The van der Waals surface area contributed by atoms with Crippen LogP contribution in [0.5, 0.6) is 0 Å². The van der Waals surface area contributed by atoms with Crippen molar-refractivity contribution in [1.29, 1.82) is 0 Å². The SMILES string of the molecule is CN1C(c2ccccc2)=NN(CC(=O)CCc2ccccc2)C1(C)c1ccccc1. The van der Waals surface area contributed by atoms with Crippen molar-refractivity contribution in [3.63, 3.8) is 0 Å². The topological polar surface area (TPSA) is 35.9 Å². The lowest BCUT2D eigenvalue weighted by Crippen LogP contribution is -2.50. The summed E-state index contributed by atoms with van der Waals surface area (Å²) in [7, 11) is 2.05. The van der Waals surface area contributed by atoms with Crippen molar-refractivity contribution in [3.05, 3.63) is 108 Å². The first-order valence-electron chi connectivity index (χ1n) is 10.4. The number of hydrazone groups is 1. The van der Waals surface area contributed by atoms with Gasteiger partial charge in [-0.2, -0.15) is 5.10 Å². The summed E-state index contributed by atoms with van der Waals surface area (Å²) in [5, 5.41) is 6.86. The van der Waals surface area contributed by atoms with Gasteiger partial charge in [-0.15, -0.1) is 0 Å². The predicted octanol–water partition coefficient (Wildman–Crippen LogP) is 4.67. The van der Waals surface area contributed by atoms with E-state index in [-0.39, 0.29) is 12.3 Å². The Hall–Kier alpha value is -3.40. The van der Waals surface area contributed by atoms with Gasteiger partial charge < -0.3 is 4.90 Å². The van der Waals surface area contributed by atoms with Gasteiger partial charge in [0.05, 0.1) is 6.54 Å². The number of ketones is 1. The van der Waals surface area contributed by atoms with Crippen LogP contribution in [0, 0.1) is 0 Å². The Labute approximate surface area is 178 Å². The molecule has 0 spiro atoms. The fourth-order valence-corrected chi connectivity index (χ4v) is 3.96. The zero-order chi connectivity index (χ0) is 21.0. The number of amidine groups is 1. The number of benzene rings is 3.